The molecule has 0 aromatic heterocycles. The van der Waals surface area contributed by atoms with E-state index in [-0.39, 0.29) is 11.2 Å². The van der Waals surface area contributed by atoms with Crippen molar-refractivity contribution in [1.29, 1.82) is 0 Å². The molecule has 0 saturated heterocycles. The predicted molar refractivity (Wildman–Crippen MR) is 71.1 cm³/mol. The highest BCUT2D eigenvalue weighted by atomic mass is 79.9. The van der Waals surface area contributed by atoms with E-state index in [1.807, 2.05) is 0 Å². The monoisotopic (exact) mass is 288 g/mol. The number of nitrogens with one attached hydrogen (secondary N) is 1. The summed E-state index contributed by atoms with van der Waals surface area (Å²) in [6.07, 6.45) is 1.05. The zero-order valence-corrected chi connectivity index (χ0v) is 11.5. The molecular formula is C12H18BrFN2. The molecule has 0 amide bonds. The van der Waals surface area contributed by atoms with Crippen LogP contribution in [0.3, 0.4) is 0 Å². The molecular weight excluding hydrogens is 271 g/mol. The van der Waals surface area contributed by atoms with Gasteiger partial charge in [0.2, 0.25) is 0 Å². The molecule has 0 spiro atoms. The fourth-order valence-corrected chi connectivity index (χ4v) is 1.54. The van der Waals surface area contributed by atoms with Gasteiger partial charge in [0.1, 0.15) is 5.82 Å². The SMILES string of the molecule is CCC(C)(C)CNc1cc(F)c(Br)cc1N. The van der Waals surface area contributed by atoms with Gasteiger partial charge in [0.15, 0.2) is 0 Å². The molecule has 3 N–H and O–H groups in total. The first-order valence-electron chi connectivity index (χ1n) is 5.34. The van der Waals surface area contributed by atoms with E-state index in [4.69, 9.17) is 5.73 Å². The standard InChI is InChI=1S/C12H18BrFN2/c1-4-12(2,3)7-16-11-6-9(14)8(13)5-10(11)15/h5-6,16H,4,7,15H2,1-3H3. The second kappa shape index (κ2) is 5.04. The van der Waals surface area contributed by atoms with Crippen molar-refractivity contribution in [2.24, 2.45) is 5.41 Å². The zero-order chi connectivity index (χ0) is 12.3. The van der Waals surface area contributed by atoms with Crippen molar-refractivity contribution in [3.63, 3.8) is 0 Å². The summed E-state index contributed by atoms with van der Waals surface area (Å²) in [5.74, 6) is -0.300. The van der Waals surface area contributed by atoms with Crippen LogP contribution in [0.15, 0.2) is 16.6 Å². The Kier molecular flexibility index (Phi) is 4.19. The van der Waals surface area contributed by atoms with Crippen LogP contribution >= 0.6 is 15.9 Å². The number of rotatable bonds is 4. The quantitative estimate of drug-likeness (QED) is 0.822. The van der Waals surface area contributed by atoms with E-state index in [0.29, 0.717) is 15.8 Å². The average molecular weight is 289 g/mol. The second-order valence-electron chi connectivity index (χ2n) is 4.72. The van der Waals surface area contributed by atoms with E-state index < -0.39 is 0 Å². The molecule has 0 atom stereocenters. The third-order valence-electron chi connectivity index (χ3n) is 2.81. The zero-order valence-electron chi connectivity index (χ0n) is 9.90. The molecule has 0 saturated carbocycles. The number of anilines is 2. The van der Waals surface area contributed by atoms with Crippen molar-refractivity contribution in [2.45, 2.75) is 27.2 Å². The van der Waals surface area contributed by atoms with Crippen LogP contribution < -0.4 is 11.1 Å². The smallest absolute Gasteiger partial charge is 0.139 e. The average Bonchev–Trinajstić information content (AvgIpc) is 2.22. The summed E-state index contributed by atoms with van der Waals surface area (Å²) in [7, 11) is 0. The minimum Gasteiger partial charge on any atom is -0.397 e. The van der Waals surface area contributed by atoms with E-state index >= 15 is 0 Å². The summed E-state index contributed by atoms with van der Waals surface area (Å²) < 4.78 is 13.7. The Morgan fingerprint density at radius 1 is 1.44 bits per heavy atom. The van der Waals surface area contributed by atoms with Gasteiger partial charge in [0.05, 0.1) is 15.8 Å². The van der Waals surface area contributed by atoms with Crippen molar-refractivity contribution in [3.8, 4) is 0 Å². The molecule has 16 heavy (non-hydrogen) atoms. The first-order valence-corrected chi connectivity index (χ1v) is 6.13. The molecule has 1 aromatic carbocycles. The van der Waals surface area contributed by atoms with Crippen molar-refractivity contribution in [3.05, 3.63) is 22.4 Å². The molecule has 0 heterocycles. The third kappa shape index (κ3) is 3.37. The van der Waals surface area contributed by atoms with E-state index in [1.165, 1.54) is 6.07 Å². The van der Waals surface area contributed by atoms with Gasteiger partial charge in [0, 0.05) is 12.6 Å². The lowest BCUT2D eigenvalue weighted by molar-refractivity contribution is 0.377. The molecule has 0 radical (unpaired) electrons. The van der Waals surface area contributed by atoms with Gasteiger partial charge in [-0.1, -0.05) is 20.8 Å². The first-order chi connectivity index (χ1) is 7.35. The summed E-state index contributed by atoms with van der Waals surface area (Å²) in [6.45, 7) is 7.22. The lowest BCUT2D eigenvalue weighted by atomic mass is 9.90. The van der Waals surface area contributed by atoms with Gasteiger partial charge < -0.3 is 11.1 Å². The van der Waals surface area contributed by atoms with Gasteiger partial charge in [-0.05, 0) is 33.8 Å². The minimum atomic E-state index is -0.300. The Bertz CT molecular complexity index is 378. The van der Waals surface area contributed by atoms with Crippen LogP contribution in [0.4, 0.5) is 15.8 Å². The molecule has 0 bridgehead atoms. The number of halogens is 2. The maximum absolute atomic E-state index is 13.3. The summed E-state index contributed by atoms with van der Waals surface area (Å²) in [4.78, 5) is 0. The Morgan fingerprint density at radius 3 is 2.62 bits per heavy atom. The molecule has 0 aliphatic rings. The molecule has 0 fully saturated rings. The van der Waals surface area contributed by atoms with Gasteiger partial charge in [-0.2, -0.15) is 0 Å². The highest BCUT2D eigenvalue weighted by molar-refractivity contribution is 9.10. The normalized spacial score (nSPS) is 11.6. The summed E-state index contributed by atoms with van der Waals surface area (Å²) in [5.41, 5.74) is 7.19. The van der Waals surface area contributed by atoms with Crippen molar-refractivity contribution in [1.82, 2.24) is 0 Å². The summed E-state index contributed by atoms with van der Waals surface area (Å²) in [5, 5.41) is 3.19. The minimum absolute atomic E-state index is 0.177. The Morgan fingerprint density at radius 2 is 2.06 bits per heavy atom. The highest BCUT2D eigenvalue weighted by Gasteiger charge is 2.15. The fraction of sp³-hybridized carbons (Fsp3) is 0.500. The van der Waals surface area contributed by atoms with E-state index in [0.717, 1.165) is 13.0 Å². The van der Waals surface area contributed by atoms with Crippen LogP contribution in [-0.2, 0) is 0 Å². The number of hydrogen-bond acceptors (Lipinski definition) is 2. The summed E-state index contributed by atoms with van der Waals surface area (Å²) >= 11 is 3.10. The van der Waals surface area contributed by atoms with E-state index in [1.54, 1.807) is 6.07 Å². The Labute approximate surface area is 105 Å². The molecule has 1 rings (SSSR count). The van der Waals surface area contributed by atoms with E-state index in [2.05, 4.69) is 42.0 Å². The van der Waals surface area contributed by atoms with E-state index in [9.17, 15) is 4.39 Å². The maximum atomic E-state index is 13.3. The third-order valence-corrected chi connectivity index (χ3v) is 3.41. The van der Waals surface area contributed by atoms with Gasteiger partial charge in [-0.25, -0.2) is 4.39 Å². The number of nitrogen functional groups attached to an aromatic ring is 1. The lowest BCUT2D eigenvalue weighted by Gasteiger charge is -2.24. The van der Waals surface area contributed by atoms with Crippen LogP contribution in [0.25, 0.3) is 0 Å². The van der Waals surface area contributed by atoms with Crippen LogP contribution in [0, 0.1) is 11.2 Å². The molecule has 0 aliphatic carbocycles. The Balaban J connectivity index is 2.79. The molecule has 90 valence electrons. The largest absolute Gasteiger partial charge is 0.397 e. The highest BCUT2D eigenvalue weighted by Crippen LogP contribution is 2.28. The maximum Gasteiger partial charge on any atom is 0.139 e. The summed E-state index contributed by atoms with van der Waals surface area (Å²) in [6, 6.07) is 3.00. The fourth-order valence-electron chi connectivity index (χ4n) is 1.17. The molecule has 0 aliphatic heterocycles. The lowest BCUT2D eigenvalue weighted by Crippen LogP contribution is -2.22. The molecule has 2 nitrogen and oxygen atoms in total. The second-order valence-corrected chi connectivity index (χ2v) is 5.58. The van der Waals surface area contributed by atoms with Crippen LogP contribution in [0.2, 0.25) is 0 Å². The van der Waals surface area contributed by atoms with Gasteiger partial charge >= 0.3 is 0 Å². The van der Waals surface area contributed by atoms with Crippen LogP contribution in [0.1, 0.15) is 27.2 Å². The first kappa shape index (κ1) is 13.3. The van der Waals surface area contributed by atoms with Gasteiger partial charge in [0.25, 0.3) is 0 Å². The van der Waals surface area contributed by atoms with Crippen molar-refractivity contribution >= 4 is 27.3 Å². The van der Waals surface area contributed by atoms with Crippen LogP contribution in [-0.4, -0.2) is 6.54 Å². The molecule has 1 aromatic rings. The topological polar surface area (TPSA) is 38.0 Å². The van der Waals surface area contributed by atoms with Crippen LogP contribution in [0.5, 0.6) is 0 Å². The number of hydrogen-bond donors (Lipinski definition) is 2. The number of nitrogens with two attached hydrogens (primary N) is 1. The van der Waals surface area contributed by atoms with Gasteiger partial charge in [-0.15, -0.1) is 0 Å². The molecule has 0 unspecified atom stereocenters. The van der Waals surface area contributed by atoms with Crippen molar-refractivity contribution < 1.29 is 4.39 Å². The van der Waals surface area contributed by atoms with Gasteiger partial charge in [-0.3, -0.25) is 0 Å². The Hall–Kier alpha value is -0.770. The number of benzene rings is 1. The molecule has 4 heteroatoms. The predicted octanol–water partition coefficient (Wildman–Crippen LogP) is 4.02. The van der Waals surface area contributed by atoms with Crippen molar-refractivity contribution in [2.75, 3.05) is 17.6 Å².